The first-order valence-corrected chi connectivity index (χ1v) is 9.65. The Bertz CT molecular complexity index is 1030. The summed E-state index contributed by atoms with van der Waals surface area (Å²) in [6.45, 7) is 1.98. The Kier molecular flexibility index (Phi) is 6.56. The molecule has 0 amide bonds. The van der Waals surface area contributed by atoms with Gasteiger partial charge in [0.15, 0.2) is 0 Å². The van der Waals surface area contributed by atoms with Crippen LogP contribution < -0.4 is 4.74 Å². The fraction of sp³-hybridized carbons (Fsp3) is 0.190. The van der Waals surface area contributed by atoms with Crippen molar-refractivity contribution in [1.29, 1.82) is 0 Å². The van der Waals surface area contributed by atoms with E-state index in [0.717, 1.165) is 6.42 Å². The van der Waals surface area contributed by atoms with Crippen LogP contribution >= 0.6 is 23.2 Å². The first-order valence-electron chi connectivity index (χ1n) is 8.90. The van der Waals surface area contributed by atoms with Crippen molar-refractivity contribution in [3.63, 3.8) is 0 Å². The van der Waals surface area contributed by atoms with E-state index in [1.807, 2.05) is 6.92 Å². The predicted octanol–water partition coefficient (Wildman–Crippen LogP) is 6.40. The van der Waals surface area contributed by atoms with Crippen LogP contribution in [0, 0.1) is 4.91 Å². The fourth-order valence-corrected chi connectivity index (χ4v) is 3.21. The van der Waals surface area contributed by atoms with Crippen molar-refractivity contribution in [2.75, 3.05) is 0 Å². The fourth-order valence-electron chi connectivity index (χ4n) is 2.93. The summed E-state index contributed by atoms with van der Waals surface area (Å²) in [4.78, 5) is 16.2. The first kappa shape index (κ1) is 20.9. The van der Waals surface area contributed by atoms with Crippen molar-refractivity contribution in [2.24, 2.45) is 5.18 Å². The van der Waals surface area contributed by atoms with E-state index in [1.165, 1.54) is 12.1 Å². The number of halogens is 2. The molecule has 29 heavy (non-hydrogen) atoms. The molecule has 1 atom stereocenters. The minimum atomic E-state index is -1.06. The molecular formula is C21H18Cl2N2O4. The van der Waals surface area contributed by atoms with Gasteiger partial charge in [0.1, 0.15) is 23.3 Å². The Hall–Kier alpha value is -2.83. The highest BCUT2D eigenvalue weighted by molar-refractivity contribution is 6.32. The van der Waals surface area contributed by atoms with Gasteiger partial charge in [0, 0.05) is 28.3 Å². The van der Waals surface area contributed by atoms with Crippen LogP contribution in [-0.2, 0) is 6.42 Å². The molecule has 1 heterocycles. The number of ether oxygens (including phenoxy) is 1. The smallest absolute Gasteiger partial charge is 0.219 e. The minimum absolute atomic E-state index is 0.0190. The average molecular weight is 433 g/mol. The zero-order valence-corrected chi connectivity index (χ0v) is 17.0. The number of rotatable bonds is 7. The molecule has 8 heteroatoms. The van der Waals surface area contributed by atoms with E-state index in [-0.39, 0.29) is 22.1 Å². The molecule has 0 aliphatic rings. The summed E-state index contributed by atoms with van der Waals surface area (Å²) in [6.07, 6.45) is 1.34. The Balaban J connectivity index is 2.00. The number of hydrogen-bond acceptors (Lipinski definition) is 6. The highest BCUT2D eigenvalue weighted by atomic mass is 35.5. The Morgan fingerprint density at radius 1 is 1.03 bits per heavy atom. The monoisotopic (exact) mass is 432 g/mol. The van der Waals surface area contributed by atoms with E-state index >= 15 is 0 Å². The van der Waals surface area contributed by atoms with Gasteiger partial charge in [-0.1, -0.05) is 41.7 Å². The SMILES string of the molecule is CCCc1nc(Oc2ccc(Cl)cc2)ccc1C(N=O)c1cc(O)c(Cl)cc1O. The summed E-state index contributed by atoms with van der Waals surface area (Å²) in [5.41, 5.74) is 1.27. The quantitative estimate of drug-likeness (QED) is 0.332. The van der Waals surface area contributed by atoms with Crippen LogP contribution in [0.2, 0.25) is 10.0 Å². The van der Waals surface area contributed by atoms with E-state index in [1.54, 1.807) is 36.4 Å². The summed E-state index contributed by atoms with van der Waals surface area (Å²) in [5, 5.41) is 23.8. The van der Waals surface area contributed by atoms with E-state index in [4.69, 9.17) is 27.9 Å². The lowest BCUT2D eigenvalue weighted by atomic mass is 9.95. The van der Waals surface area contributed by atoms with Crippen LogP contribution in [0.15, 0.2) is 53.7 Å². The van der Waals surface area contributed by atoms with Crippen LogP contribution in [0.25, 0.3) is 0 Å². The molecule has 0 saturated heterocycles. The molecule has 150 valence electrons. The molecule has 6 nitrogen and oxygen atoms in total. The molecular weight excluding hydrogens is 415 g/mol. The van der Waals surface area contributed by atoms with Gasteiger partial charge in [-0.05, 0) is 42.8 Å². The second-order valence-electron chi connectivity index (χ2n) is 6.36. The normalized spacial score (nSPS) is 11.8. The highest BCUT2D eigenvalue weighted by Crippen LogP contribution is 2.39. The number of phenols is 2. The molecule has 2 N–H and O–H groups in total. The molecule has 0 radical (unpaired) electrons. The lowest BCUT2D eigenvalue weighted by Gasteiger charge is -2.17. The lowest BCUT2D eigenvalue weighted by molar-refractivity contribution is 0.450. The third kappa shape index (κ3) is 4.78. The number of hydrogen-bond donors (Lipinski definition) is 2. The molecule has 0 bridgehead atoms. The van der Waals surface area contributed by atoms with Crippen molar-refractivity contribution < 1.29 is 14.9 Å². The van der Waals surface area contributed by atoms with Crippen molar-refractivity contribution >= 4 is 23.2 Å². The molecule has 1 aromatic heterocycles. The minimum Gasteiger partial charge on any atom is -0.508 e. The van der Waals surface area contributed by atoms with Gasteiger partial charge in [-0.15, -0.1) is 4.91 Å². The summed E-state index contributed by atoms with van der Waals surface area (Å²) >= 11 is 11.7. The Labute approximate surface area is 177 Å². The molecule has 0 saturated carbocycles. The van der Waals surface area contributed by atoms with Crippen LogP contribution in [0.3, 0.4) is 0 Å². The number of nitroso groups, excluding NO2 is 1. The molecule has 3 rings (SSSR count). The van der Waals surface area contributed by atoms with Crippen molar-refractivity contribution in [3.8, 4) is 23.1 Å². The van der Waals surface area contributed by atoms with E-state index in [9.17, 15) is 15.1 Å². The van der Waals surface area contributed by atoms with Gasteiger partial charge in [0.2, 0.25) is 5.88 Å². The maximum Gasteiger partial charge on any atom is 0.219 e. The topological polar surface area (TPSA) is 92.0 Å². The predicted molar refractivity (Wildman–Crippen MR) is 112 cm³/mol. The number of benzene rings is 2. The maximum atomic E-state index is 11.7. The third-order valence-electron chi connectivity index (χ3n) is 4.30. The van der Waals surface area contributed by atoms with Gasteiger partial charge in [-0.3, -0.25) is 0 Å². The van der Waals surface area contributed by atoms with Crippen LogP contribution in [0.1, 0.15) is 36.2 Å². The largest absolute Gasteiger partial charge is 0.508 e. The van der Waals surface area contributed by atoms with E-state index in [0.29, 0.717) is 34.3 Å². The number of aromatic hydroxyl groups is 2. The van der Waals surface area contributed by atoms with E-state index in [2.05, 4.69) is 10.2 Å². The van der Waals surface area contributed by atoms with Crippen LogP contribution in [0.4, 0.5) is 0 Å². The summed E-state index contributed by atoms with van der Waals surface area (Å²) in [7, 11) is 0. The number of aromatic nitrogens is 1. The molecule has 0 aliphatic heterocycles. The lowest BCUT2D eigenvalue weighted by Crippen LogP contribution is -2.06. The molecule has 0 aliphatic carbocycles. The van der Waals surface area contributed by atoms with Gasteiger partial charge in [-0.25, -0.2) is 4.98 Å². The summed E-state index contributed by atoms with van der Waals surface area (Å²) in [5.74, 6) is 0.442. The van der Waals surface area contributed by atoms with Gasteiger partial charge in [0.25, 0.3) is 0 Å². The number of nitrogens with zero attached hydrogens (tertiary/aromatic N) is 2. The van der Waals surface area contributed by atoms with Crippen molar-refractivity contribution in [2.45, 2.75) is 25.8 Å². The van der Waals surface area contributed by atoms with Crippen molar-refractivity contribution in [1.82, 2.24) is 4.98 Å². The molecule has 3 aromatic rings. The highest BCUT2D eigenvalue weighted by Gasteiger charge is 2.24. The Morgan fingerprint density at radius 2 is 1.76 bits per heavy atom. The first-order chi connectivity index (χ1) is 13.9. The molecule has 1 unspecified atom stereocenters. The zero-order chi connectivity index (χ0) is 21.0. The number of pyridine rings is 1. The second-order valence-corrected chi connectivity index (χ2v) is 7.21. The molecule has 0 fully saturated rings. The van der Waals surface area contributed by atoms with E-state index < -0.39 is 6.04 Å². The third-order valence-corrected chi connectivity index (χ3v) is 4.85. The number of phenolic OH excluding ortho intramolecular Hbond substituents is 2. The maximum absolute atomic E-state index is 11.7. The van der Waals surface area contributed by atoms with Gasteiger partial charge < -0.3 is 14.9 Å². The standard InChI is InChI=1S/C21H18Cl2N2O4/c1-2-3-17-14(21(25-28)15-10-19(27)16(23)11-18(15)26)8-9-20(24-17)29-13-6-4-12(22)5-7-13/h4-11,21,26-27H,2-3H2,1H3. The molecule has 0 spiro atoms. The van der Waals surface area contributed by atoms with Crippen LogP contribution in [-0.4, -0.2) is 15.2 Å². The average Bonchev–Trinajstić information content (AvgIpc) is 2.70. The van der Waals surface area contributed by atoms with Crippen LogP contribution in [0.5, 0.6) is 23.1 Å². The summed E-state index contributed by atoms with van der Waals surface area (Å²) < 4.78 is 5.77. The number of aryl methyl sites for hydroxylation is 1. The van der Waals surface area contributed by atoms with Gasteiger partial charge in [-0.2, -0.15) is 0 Å². The van der Waals surface area contributed by atoms with Gasteiger partial charge in [0.05, 0.1) is 10.7 Å². The van der Waals surface area contributed by atoms with Gasteiger partial charge >= 0.3 is 0 Å². The van der Waals surface area contributed by atoms with Crippen molar-refractivity contribution in [3.05, 3.63) is 80.3 Å². The summed E-state index contributed by atoms with van der Waals surface area (Å²) in [6, 6.07) is 11.5. The second kappa shape index (κ2) is 9.11. The molecule has 2 aromatic carbocycles. The Morgan fingerprint density at radius 3 is 2.41 bits per heavy atom. The zero-order valence-electron chi connectivity index (χ0n) is 15.5.